The molecule has 1 heterocycles. The molecular weight excluding hydrogens is 350 g/mol. The summed E-state index contributed by atoms with van der Waals surface area (Å²) in [7, 11) is 0. The molecule has 1 saturated carbocycles. The van der Waals surface area contributed by atoms with Crippen LogP contribution in [0.15, 0.2) is 42.5 Å². The molecule has 0 bridgehead atoms. The van der Waals surface area contributed by atoms with Crippen molar-refractivity contribution in [3.05, 3.63) is 59.2 Å². The number of phenolic OH excluding ortho intramolecular Hbond substituents is 1. The van der Waals surface area contributed by atoms with Gasteiger partial charge in [0.05, 0.1) is 6.10 Å². The van der Waals surface area contributed by atoms with Crippen molar-refractivity contribution < 1.29 is 14.6 Å². The Balaban J connectivity index is 1.28. The van der Waals surface area contributed by atoms with E-state index in [4.69, 9.17) is 4.74 Å². The topological polar surface area (TPSA) is 49.8 Å². The van der Waals surface area contributed by atoms with Crippen molar-refractivity contribution in [2.75, 3.05) is 6.54 Å². The highest BCUT2D eigenvalue weighted by atomic mass is 16.5. The summed E-state index contributed by atoms with van der Waals surface area (Å²) < 4.78 is 6.19. The Hall–Kier alpha value is -2.49. The maximum absolute atomic E-state index is 12.6. The minimum atomic E-state index is 0.0594. The van der Waals surface area contributed by atoms with Gasteiger partial charge in [0.1, 0.15) is 11.5 Å². The number of carbonyl (C=O) groups excluding carboxylic acids is 1. The van der Waals surface area contributed by atoms with Crippen LogP contribution in [-0.2, 0) is 6.54 Å². The van der Waals surface area contributed by atoms with Crippen molar-refractivity contribution in [1.82, 2.24) is 4.90 Å². The van der Waals surface area contributed by atoms with Gasteiger partial charge < -0.3 is 14.7 Å². The highest BCUT2D eigenvalue weighted by Gasteiger charge is 2.32. The van der Waals surface area contributed by atoms with Crippen LogP contribution in [0.5, 0.6) is 11.5 Å². The standard InChI is InChI=1S/C24H29NO3/c1-16-4-3-5-22(12-16)28-17(2)19-8-6-18(7-9-19)14-25-15-20-10-11-21(26)13-23(20)24(25)27/h3-5,10-13,17-19,26H,6-9,14-15H2,1-2H3/t17?,18-,19-. The summed E-state index contributed by atoms with van der Waals surface area (Å²) in [4.78, 5) is 14.6. The number of rotatable bonds is 5. The summed E-state index contributed by atoms with van der Waals surface area (Å²) in [5, 5.41) is 9.64. The number of benzene rings is 2. The largest absolute Gasteiger partial charge is 0.508 e. The van der Waals surface area contributed by atoms with Crippen molar-refractivity contribution in [3.8, 4) is 11.5 Å². The summed E-state index contributed by atoms with van der Waals surface area (Å²) in [6.45, 7) is 5.75. The molecular formula is C24H29NO3. The molecule has 1 amide bonds. The van der Waals surface area contributed by atoms with E-state index in [-0.39, 0.29) is 17.8 Å². The summed E-state index contributed by atoms with van der Waals surface area (Å²) in [5.41, 5.74) is 2.91. The third kappa shape index (κ3) is 4.01. The van der Waals surface area contributed by atoms with Crippen LogP contribution >= 0.6 is 0 Å². The lowest BCUT2D eigenvalue weighted by Crippen LogP contribution is -2.34. The van der Waals surface area contributed by atoms with Crippen LogP contribution in [0.4, 0.5) is 0 Å². The monoisotopic (exact) mass is 379 g/mol. The first-order valence-corrected chi connectivity index (χ1v) is 10.3. The van der Waals surface area contributed by atoms with Crippen molar-refractivity contribution in [1.29, 1.82) is 0 Å². The van der Waals surface area contributed by atoms with Gasteiger partial charge in [-0.3, -0.25) is 4.79 Å². The Bertz CT molecular complexity index is 855. The van der Waals surface area contributed by atoms with E-state index >= 15 is 0 Å². The maximum Gasteiger partial charge on any atom is 0.254 e. The van der Waals surface area contributed by atoms with Crippen LogP contribution < -0.4 is 4.74 Å². The molecule has 0 aromatic heterocycles. The average molecular weight is 380 g/mol. The molecule has 148 valence electrons. The molecule has 0 spiro atoms. The molecule has 4 heteroatoms. The molecule has 1 N–H and O–H groups in total. The van der Waals surface area contributed by atoms with Gasteiger partial charge in [-0.15, -0.1) is 0 Å². The van der Waals surface area contributed by atoms with Gasteiger partial charge in [-0.1, -0.05) is 18.2 Å². The minimum Gasteiger partial charge on any atom is -0.508 e. The van der Waals surface area contributed by atoms with Crippen LogP contribution in [0.2, 0.25) is 0 Å². The lowest BCUT2D eigenvalue weighted by Gasteiger charge is -2.34. The molecule has 1 fully saturated rings. The minimum absolute atomic E-state index is 0.0594. The molecule has 1 aliphatic heterocycles. The van der Waals surface area contributed by atoms with Crippen molar-refractivity contribution in [2.24, 2.45) is 11.8 Å². The van der Waals surface area contributed by atoms with Crippen molar-refractivity contribution >= 4 is 5.91 Å². The van der Waals surface area contributed by atoms with Gasteiger partial charge in [0.2, 0.25) is 0 Å². The normalized spacial score (nSPS) is 22.8. The Morgan fingerprint density at radius 2 is 1.93 bits per heavy atom. The number of carbonyl (C=O) groups is 1. The lowest BCUT2D eigenvalue weighted by atomic mass is 9.79. The molecule has 1 atom stereocenters. The summed E-state index contributed by atoms with van der Waals surface area (Å²) in [5.74, 6) is 2.30. The molecule has 0 radical (unpaired) electrons. The number of aromatic hydroxyl groups is 1. The van der Waals surface area contributed by atoms with E-state index in [1.807, 2.05) is 23.1 Å². The van der Waals surface area contributed by atoms with E-state index < -0.39 is 0 Å². The summed E-state index contributed by atoms with van der Waals surface area (Å²) in [6, 6.07) is 13.4. The number of hydrogen-bond acceptors (Lipinski definition) is 3. The molecule has 2 aromatic rings. The molecule has 2 aliphatic rings. The van der Waals surface area contributed by atoms with Crippen LogP contribution in [0.3, 0.4) is 0 Å². The summed E-state index contributed by atoms with van der Waals surface area (Å²) in [6.07, 6.45) is 4.78. The van der Waals surface area contributed by atoms with Crippen molar-refractivity contribution in [3.63, 3.8) is 0 Å². The quantitative estimate of drug-likeness (QED) is 0.801. The number of hydrogen-bond donors (Lipinski definition) is 1. The second-order valence-corrected chi connectivity index (χ2v) is 8.45. The number of aryl methyl sites for hydroxylation is 1. The van der Waals surface area contributed by atoms with E-state index in [0.717, 1.165) is 43.5 Å². The van der Waals surface area contributed by atoms with Gasteiger partial charge in [-0.05, 0) is 86.8 Å². The highest BCUT2D eigenvalue weighted by Crippen LogP contribution is 2.35. The van der Waals surface area contributed by atoms with Gasteiger partial charge in [0.25, 0.3) is 5.91 Å². The fourth-order valence-corrected chi connectivity index (χ4v) is 4.65. The van der Waals surface area contributed by atoms with E-state index in [1.165, 1.54) is 5.56 Å². The molecule has 4 rings (SSSR count). The first-order chi connectivity index (χ1) is 13.5. The lowest BCUT2D eigenvalue weighted by molar-refractivity contribution is 0.0685. The third-order valence-electron chi connectivity index (χ3n) is 6.32. The first kappa shape index (κ1) is 18.9. The number of ether oxygens (including phenoxy) is 1. The van der Waals surface area contributed by atoms with Gasteiger partial charge in [-0.25, -0.2) is 0 Å². The van der Waals surface area contributed by atoms with Gasteiger partial charge in [0, 0.05) is 18.7 Å². The number of amides is 1. The fraction of sp³-hybridized carbons (Fsp3) is 0.458. The predicted molar refractivity (Wildman–Crippen MR) is 110 cm³/mol. The zero-order chi connectivity index (χ0) is 19.7. The number of phenols is 1. The Morgan fingerprint density at radius 1 is 1.14 bits per heavy atom. The Labute approximate surface area is 167 Å². The highest BCUT2D eigenvalue weighted by molar-refractivity contribution is 5.98. The van der Waals surface area contributed by atoms with Crippen LogP contribution in [0.1, 0.15) is 54.1 Å². The molecule has 4 nitrogen and oxygen atoms in total. The fourth-order valence-electron chi connectivity index (χ4n) is 4.65. The van der Waals surface area contributed by atoms with Gasteiger partial charge in [-0.2, -0.15) is 0 Å². The maximum atomic E-state index is 12.6. The Morgan fingerprint density at radius 3 is 2.68 bits per heavy atom. The SMILES string of the molecule is Cc1cccc(OC(C)[C@H]2CC[C@H](CN3Cc4ccc(O)cc4C3=O)CC2)c1. The van der Waals surface area contributed by atoms with E-state index in [1.54, 1.807) is 12.1 Å². The number of nitrogens with zero attached hydrogens (tertiary/aromatic N) is 1. The van der Waals surface area contributed by atoms with Crippen molar-refractivity contribution in [2.45, 2.75) is 52.2 Å². The van der Waals surface area contributed by atoms with Crippen LogP contribution in [0, 0.1) is 18.8 Å². The number of fused-ring (bicyclic) bond motifs is 1. The molecule has 1 aliphatic carbocycles. The van der Waals surface area contributed by atoms with E-state index in [9.17, 15) is 9.90 Å². The zero-order valence-corrected chi connectivity index (χ0v) is 16.7. The van der Waals surface area contributed by atoms with Gasteiger partial charge in [0.15, 0.2) is 0 Å². The second-order valence-electron chi connectivity index (χ2n) is 8.45. The Kier molecular flexibility index (Phi) is 5.29. The second kappa shape index (κ2) is 7.86. The predicted octanol–water partition coefficient (Wildman–Crippen LogP) is 4.93. The summed E-state index contributed by atoms with van der Waals surface area (Å²) >= 11 is 0. The third-order valence-corrected chi connectivity index (χ3v) is 6.32. The molecule has 0 saturated heterocycles. The van der Waals surface area contributed by atoms with E-state index in [0.29, 0.717) is 23.9 Å². The molecule has 2 aromatic carbocycles. The average Bonchev–Trinajstić information content (AvgIpc) is 2.98. The molecule has 1 unspecified atom stereocenters. The molecule has 28 heavy (non-hydrogen) atoms. The smallest absolute Gasteiger partial charge is 0.254 e. The first-order valence-electron chi connectivity index (χ1n) is 10.3. The zero-order valence-electron chi connectivity index (χ0n) is 16.7. The van der Waals surface area contributed by atoms with Crippen LogP contribution in [-0.4, -0.2) is 28.6 Å². The van der Waals surface area contributed by atoms with Gasteiger partial charge >= 0.3 is 0 Å². The van der Waals surface area contributed by atoms with E-state index in [2.05, 4.69) is 26.0 Å². The van der Waals surface area contributed by atoms with Crippen LogP contribution in [0.25, 0.3) is 0 Å².